The van der Waals surface area contributed by atoms with Gasteiger partial charge in [0, 0.05) is 6.07 Å². The van der Waals surface area contributed by atoms with Crippen molar-refractivity contribution >= 4 is 11.4 Å². The number of hydrogen-bond acceptors (Lipinski definition) is 7. The van der Waals surface area contributed by atoms with Crippen LogP contribution in [0.4, 0.5) is 11.4 Å². The van der Waals surface area contributed by atoms with Crippen LogP contribution in [0.2, 0.25) is 0 Å². The van der Waals surface area contributed by atoms with Gasteiger partial charge >= 0.3 is 0 Å². The molecule has 0 fully saturated rings. The largest absolute Gasteiger partial charge is 0.508 e. The van der Waals surface area contributed by atoms with Crippen LogP contribution in [-0.2, 0) is 0 Å². The molecular formula is C14H19N3O4. The van der Waals surface area contributed by atoms with Gasteiger partial charge in [-0.15, -0.1) is 0 Å². The molecule has 0 unspecified atom stereocenters. The Balaban J connectivity index is 0.000000219. The molecule has 0 aliphatic carbocycles. The van der Waals surface area contributed by atoms with Gasteiger partial charge in [0.15, 0.2) is 0 Å². The van der Waals surface area contributed by atoms with Crippen LogP contribution in [0.5, 0.6) is 23.3 Å². The molecular weight excluding hydrogens is 274 g/mol. The molecule has 2 aromatic rings. The van der Waals surface area contributed by atoms with Crippen molar-refractivity contribution < 1.29 is 19.3 Å². The second kappa shape index (κ2) is 7.68. The third kappa shape index (κ3) is 4.64. The summed E-state index contributed by atoms with van der Waals surface area (Å²) >= 11 is 0. The SMILES string of the molecule is COc1cccc(O)c1.COc1nc(OC)c(N)cc1N. The van der Waals surface area contributed by atoms with E-state index in [2.05, 4.69) is 4.98 Å². The van der Waals surface area contributed by atoms with Crippen LogP contribution in [0.3, 0.4) is 0 Å². The minimum atomic E-state index is 0.231. The van der Waals surface area contributed by atoms with Crippen molar-refractivity contribution in [1.29, 1.82) is 0 Å². The standard InChI is InChI=1S/C7H11N3O2.C7H8O2/c1-11-6-4(8)3-5(9)7(10-6)12-2;1-9-7-4-2-3-6(8)5-7/h3H,8-9H2,1-2H3;2-5,8H,1H3. The third-order valence-electron chi connectivity index (χ3n) is 2.45. The molecule has 0 bridgehead atoms. The molecule has 0 amide bonds. The van der Waals surface area contributed by atoms with E-state index in [-0.39, 0.29) is 5.75 Å². The molecule has 1 heterocycles. The number of ether oxygens (including phenoxy) is 3. The highest BCUT2D eigenvalue weighted by atomic mass is 16.5. The Hall–Kier alpha value is -2.83. The lowest BCUT2D eigenvalue weighted by atomic mass is 10.3. The summed E-state index contributed by atoms with van der Waals surface area (Å²) in [5, 5.41) is 8.86. The Kier molecular flexibility index (Phi) is 5.94. The summed E-state index contributed by atoms with van der Waals surface area (Å²) in [6, 6.07) is 8.21. The van der Waals surface area contributed by atoms with Gasteiger partial charge in [-0.25, -0.2) is 0 Å². The van der Waals surface area contributed by atoms with E-state index >= 15 is 0 Å². The summed E-state index contributed by atoms with van der Waals surface area (Å²) in [7, 11) is 4.53. The van der Waals surface area contributed by atoms with E-state index < -0.39 is 0 Å². The van der Waals surface area contributed by atoms with Crippen LogP contribution in [0.1, 0.15) is 0 Å². The smallest absolute Gasteiger partial charge is 0.240 e. The summed E-state index contributed by atoms with van der Waals surface area (Å²) in [5.74, 6) is 1.55. The zero-order valence-electron chi connectivity index (χ0n) is 12.2. The van der Waals surface area contributed by atoms with E-state index in [0.29, 0.717) is 28.9 Å². The molecule has 0 saturated heterocycles. The molecule has 1 aromatic heterocycles. The average molecular weight is 293 g/mol. The van der Waals surface area contributed by atoms with Crippen molar-refractivity contribution in [3.05, 3.63) is 30.3 Å². The predicted octanol–water partition coefficient (Wildman–Crippen LogP) is 1.66. The lowest BCUT2D eigenvalue weighted by Crippen LogP contribution is -2.01. The maximum atomic E-state index is 8.86. The second-order valence-electron chi connectivity index (χ2n) is 3.89. The Labute approximate surface area is 123 Å². The molecule has 2 rings (SSSR count). The van der Waals surface area contributed by atoms with Crippen molar-refractivity contribution in [2.75, 3.05) is 32.8 Å². The summed E-state index contributed by atoms with van der Waals surface area (Å²) in [5.41, 5.74) is 11.9. The van der Waals surface area contributed by atoms with E-state index in [1.54, 1.807) is 37.4 Å². The van der Waals surface area contributed by atoms with Crippen molar-refractivity contribution in [1.82, 2.24) is 4.98 Å². The van der Waals surface area contributed by atoms with Gasteiger partial charge in [-0.3, -0.25) is 0 Å². The number of benzene rings is 1. The number of phenols is 1. The Morgan fingerprint density at radius 3 is 1.86 bits per heavy atom. The topological polar surface area (TPSA) is 113 Å². The molecule has 0 saturated carbocycles. The molecule has 0 atom stereocenters. The van der Waals surface area contributed by atoms with Crippen molar-refractivity contribution in [2.24, 2.45) is 0 Å². The van der Waals surface area contributed by atoms with Crippen molar-refractivity contribution in [3.63, 3.8) is 0 Å². The first kappa shape index (κ1) is 16.2. The van der Waals surface area contributed by atoms with Gasteiger partial charge < -0.3 is 30.8 Å². The van der Waals surface area contributed by atoms with Crippen LogP contribution in [0, 0.1) is 0 Å². The van der Waals surface area contributed by atoms with Gasteiger partial charge in [0.25, 0.3) is 0 Å². The minimum Gasteiger partial charge on any atom is -0.508 e. The zero-order chi connectivity index (χ0) is 15.8. The molecule has 21 heavy (non-hydrogen) atoms. The number of rotatable bonds is 3. The molecule has 0 radical (unpaired) electrons. The highest BCUT2D eigenvalue weighted by molar-refractivity contribution is 5.62. The van der Waals surface area contributed by atoms with E-state index in [1.165, 1.54) is 14.2 Å². The van der Waals surface area contributed by atoms with Crippen LogP contribution in [0.15, 0.2) is 30.3 Å². The number of methoxy groups -OCH3 is 3. The zero-order valence-corrected chi connectivity index (χ0v) is 12.2. The summed E-state index contributed by atoms with van der Waals surface area (Å²) in [6.45, 7) is 0. The first-order valence-corrected chi connectivity index (χ1v) is 5.98. The highest BCUT2D eigenvalue weighted by Gasteiger charge is 2.07. The van der Waals surface area contributed by atoms with E-state index in [9.17, 15) is 0 Å². The van der Waals surface area contributed by atoms with E-state index in [4.69, 9.17) is 30.8 Å². The fraction of sp³-hybridized carbons (Fsp3) is 0.214. The predicted molar refractivity (Wildman–Crippen MR) is 80.8 cm³/mol. The van der Waals surface area contributed by atoms with Gasteiger partial charge in [0.2, 0.25) is 11.8 Å². The summed E-state index contributed by atoms with van der Waals surface area (Å²) < 4.78 is 14.6. The third-order valence-corrected chi connectivity index (χ3v) is 2.45. The molecule has 1 aromatic carbocycles. The molecule has 7 nitrogen and oxygen atoms in total. The molecule has 5 N–H and O–H groups in total. The summed E-state index contributed by atoms with van der Waals surface area (Å²) in [4.78, 5) is 3.91. The van der Waals surface area contributed by atoms with Gasteiger partial charge in [-0.05, 0) is 18.2 Å². The van der Waals surface area contributed by atoms with Crippen molar-refractivity contribution in [2.45, 2.75) is 0 Å². The maximum Gasteiger partial charge on any atom is 0.240 e. The van der Waals surface area contributed by atoms with Crippen LogP contribution in [-0.4, -0.2) is 31.4 Å². The fourth-order valence-corrected chi connectivity index (χ4v) is 1.45. The quantitative estimate of drug-likeness (QED) is 0.788. The second-order valence-corrected chi connectivity index (χ2v) is 3.89. The number of aromatic nitrogens is 1. The molecule has 0 aliphatic rings. The number of nitrogen functional groups attached to an aromatic ring is 2. The normalized spacial score (nSPS) is 9.29. The van der Waals surface area contributed by atoms with Gasteiger partial charge in [0.05, 0.1) is 32.7 Å². The van der Waals surface area contributed by atoms with Crippen LogP contribution in [0.25, 0.3) is 0 Å². The van der Waals surface area contributed by atoms with Crippen LogP contribution < -0.4 is 25.7 Å². The Bertz CT molecular complexity index is 565. The number of aromatic hydroxyl groups is 1. The van der Waals surface area contributed by atoms with Crippen molar-refractivity contribution in [3.8, 4) is 23.3 Å². The van der Waals surface area contributed by atoms with E-state index in [1.807, 2.05) is 0 Å². The van der Waals surface area contributed by atoms with Gasteiger partial charge in [0.1, 0.15) is 11.5 Å². The lowest BCUT2D eigenvalue weighted by Gasteiger charge is -2.07. The minimum absolute atomic E-state index is 0.231. The number of pyridine rings is 1. The number of nitrogens with two attached hydrogens (primary N) is 2. The molecule has 114 valence electrons. The van der Waals surface area contributed by atoms with Gasteiger partial charge in [-0.1, -0.05) is 6.07 Å². The Morgan fingerprint density at radius 2 is 1.48 bits per heavy atom. The Morgan fingerprint density at radius 1 is 0.905 bits per heavy atom. The highest BCUT2D eigenvalue weighted by Crippen LogP contribution is 2.27. The first-order valence-electron chi connectivity index (χ1n) is 5.98. The molecule has 0 spiro atoms. The number of nitrogens with zero attached hydrogens (tertiary/aromatic N) is 1. The maximum absolute atomic E-state index is 8.86. The number of hydrogen-bond donors (Lipinski definition) is 3. The number of phenolic OH excluding ortho intramolecular Hbond substituents is 1. The molecule has 7 heteroatoms. The number of anilines is 2. The molecule has 0 aliphatic heterocycles. The average Bonchev–Trinajstić information content (AvgIpc) is 2.48. The first-order chi connectivity index (χ1) is 10.0. The van der Waals surface area contributed by atoms with Gasteiger partial charge in [-0.2, -0.15) is 4.98 Å². The lowest BCUT2D eigenvalue weighted by molar-refractivity contribution is 0.368. The summed E-state index contributed by atoms with van der Waals surface area (Å²) in [6.07, 6.45) is 0. The van der Waals surface area contributed by atoms with Crippen LogP contribution >= 0.6 is 0 Å². The monoisotopic (exact) mass is 293 g/mol. The van der Waals surface area contributed by atoms with E-state index in [0.717, 1.165) is 0 Å². The fourth-order valence-electron chi connectivity index (χ4n) is 1.45.